The standard InChI is InChI=1S/2H3N.3H2O3S/c;;3*1-4(2)3/h2*1H3;3*(H2,1,2,3). The molecule has 0 saturated carbocycles. The van der Waals surface area contributed by atoms with Crippen LogP contribution in [0.3, 0.4) is 0 Å². The molecule has 0 saturated heterocycles. The lowest BCUT2D eigenvalue weighted by Crippen LogP contribution is -1.76. The molecule has 0 spiro atoms. The average molecular weight is 280 g/mol. The van der Waals surface area contributed by atoms with E-state index in [9.17, 15) is 0 Å². The lowest BCUT2D eigenvalue weighted by Gasteiger charge is -2.03. The summed E-state index contributed by atoms with van der Waals surface area (Å²) in [6.07, 6.45) is 0. The van der Waals surface area contributed by atoms with Gasteiger partial charge in [-0.2, -0.15) is 8.42 Å². The summed E-state index contributed by atoms with van der Waals surface area (Å²) in [6, 6.07) is 0. The van der Waals surface area contributed by atoms with Crippen molar-refractivity contribution in [1.29, 1.82) is 0 Å². The summed E-state index contributed by atoms with van der Waals surface area (Å²) >= 11 is -8.33. The molecule has 12 N–H and O–H groups in total. The molecule has 14 heteroatoms. The van der Waals surface area contributed by atoms with Gasteiger partial charge in [-0.15, -0.1) is 11.4 Å². The van der Waals surface area contributed by atoms with E-state index in [1.165, 1.54) is 0 Å². The maximum absolute atomic E-state index is 8.67. The van der Waals surface area contributed by atoms with Crippen LogP contribution in [0.2, 0.25) is 0 Å². The van der Waals surface area contributed by atoms with Crippen LogP contribution in [-0.2, 0) is 34.1 Å². The van der Waals surface area contributed by atoms with Crippen molar-refractivity contribution < 1.29 is 39.9 Å². The minimum absolute atomic E-state index is 0. The fraction of sp³-hybridized carbons (Fsp3) is 0. The third-order valence-electron chi connectivity index (χ3n) is 0. The molecule has 0 aliphatic heterocycles. The molecule has 0 aliphatic carbocycles. The molecule has 0 aliphatic rings. The topological polar surface area (TPSA) is 251 Å². The van der Waals surface area contributed by atoms with Gasteiger partial charge in [-0.3, -0.25) is 22.4 Å². The quantitative estimate of drug-likeness (QED) is 0.300. The zero-order valence-corrected chi connectivity index (χ0v) is 9.50. The summed E-state index contributed by atoms with van der Waals surface area (Å²) in [4.78, 5) is 0. The highest BCUT2D eigenvalue weighted by Crippen LogP contribution is 1.44. The van der Waals surface area contributed by atoms with Gasteiger partial charge >= 0.3 is 0 Å². The van der Waals surface area contributed by atoms with E-state index in [-0.39, 0.29) is 12.3 Å². The molecule has 0 radical (unpaired) electrons. The maximum Gasteiger partial charge on any atom is 0.299 e. The molecule has 0 aromatic carbocycles. The summed E-state index contributed by atoms with van der Waals surface area (Å²) in [7, 11) is 0. The lowest BCUT2D eigenvalue weighted by atomic mass is 14.0. The van der Waals surface area contributed by atoms with Crippen molar-refractivity contribution in [3.05, 3.63) is 0 Å². The number of rotatable bonds is 0. The van der Waals surface area contributed by atoms with Gasteiger partial charge in [-0.05, 0) is 0 Å². The third-order valence-corrected chi connectivity index (χ3v) is 0. The zero-order valence-electron chi connectivity index (χ0n) is 7.05. The van der Waals surface area contributed by atoms with Crippen LogP contribution in [0.1, 0.15) is 0 Å². The summed E-state index contributed by atoms with van der Waals surface area (Å²) in [5, 5.41) is 0. The van der Waals surface area contributed by atoms with E-state index < -0.39 is 34.1 Å². The van der Waals surface area contributed by atoms with Crippen LogP contribution >= 0.6 is 0 Å². The van der Waals surface area contributed by atoms with Crippen molar-refractivity contribution in [1.82, 2.24) is 12.3 Å². The Morgan fingerprint density at radius 1 is 0.714 bits per heavy atom. The van der Waals surface area contributed by atoms with Crippen molar-refractivity contribution in [3.8, 4) is 0 Å². The molecule has 14 heavy (non-hydrogen) atoms. The van der Waals surface area contributed by atoms with Crippen molar-refractivity contribution in [3.63, 3.8) is 0 Å². The molecule has 0 heterocycles. The van der Waals surface area contributed by atoms with Gasteiger partial charge in [0.15, 0.2) is 0 Å². The molecule has 0 bridgehead atoms. The predicted octanol–water partition coefficient (Wildman–Crippen LogP) is -0.889. The smallest absolute Gasteiger partial charge is 0.299 e. The van der Waals surface area contributed by atoms with Crippen molar-refractivity contribution in [2.45, 2.75) is 0 Å². The number of quaternary nitrogens is 2. The summed E-state index contributed by atoms with van der Waals surface area (Å²) < 4.78 is 71.0. The Hall–Kier alpha value is 0.130. The van der Waals surface area contributed by atoms with Gasteiger partial charge in [0.1, 0.15) is 0 Å². The number of hydrogen-bond acceptors (Lipinski definition) is 5. The zero-order chi connectivity index (χ0) is 10.7. The van der Waals surface area contributed by atoms with Gasteiger partial charge in [0, 0.05) is 0 Å². The van der Waals surface area contributed by atoms with Crippen molar-refractivity contribution >= 4 is 34.1 Å². The van der Waals surface area contributed by atoms with E-state index in [2.05, 4.69) is 0 Å². The Labute approximate surface area is 86.8 Å². The second-order valence-electron chi connectivity index (χ2n) is 0.666. The fourth-order valence-corrected chi connectivity index (χ4v) is 0. The monoisotopic (exact) mass is 280 g/mol. The Morgan fingerprint density at radius 3 is 0.714 bits per heavy atom. The first kappa shape index (κ1) is 29.2. The van der Waals surface area contributed by atoms with E-state index in [1.807, 2.05) is 0 Å². The molecule has 0 fully saturated rings. The average Bonchev–Trinajstić information content (AvgIpc) is 1.54. The molecule has 0 aromatic heterocycles. The molecule has 0 amide bonds. The molecule has 11 nitrogen and oxygen atoms in total. The Balaban J connectivity index is -0.0000000270. The van der Waals surface area contributed by atoms with E-state index in [1.54, 1.807) is 0 Å². The van der Waals surface area contributed by atoms with Crippen LogP contribution in [0.15, 0.2) is 0 Å². The van der Waals surface area contributed by atoms with Crippen molar-refractivity contribution in [2.24, 2.45) is 0 Å². The minimum Gasteiger partial charge on any atom is -0.784 e. The fourth-order valence-electron chi connectivity index (χ4n) is 0. The summed E-state index contributed by atoms with van der Waals surface area (Å²) in [5.41, 5.74) is 0. The van der Waals surface area contributed by atoms with E-state index in [0.717, 1.165) is 0 Å². The third kappa shape index (κ3) is 88900. The normalized spacial score (nSPS) is 7.50. The molecule has 0 aromatic rings. The van der Waals surface area contributed by atoms with Gasteiger partial charge in [0.05, 0.1) is 0 Å². The summed E-state index contributed by atoms with van der Waals surface area (Å²) in [5.74, 6) is 0. The highest BCUT2D eigenvalue weighted by atomic mass is 32.2. The molecular formula is H12N2O9S3. The van der Waals surface area contributed by atoms with Gasteiger partial charge in [0.25, 0.3) is 22.7 Å². The first-order valence-electron chi connectivity index (χ1n) is 1.56. The van der Waals surface area contributed by atoms with Gasteiger partial charge in [-0.1, -0.05) is 0 Å². The van der Waals surface area contributed by atoms with Crippen LogP contribution < -0.4 is 12.3 Å². The van der Waals surface area contributed by atoms with Crippen LogP contribution in [0.25, 0.3) is 0 Å². The van der Waals surface area contributed by atoms with Gasteiger partial charge in [0.2, 0.25) is 0 Å². The van der Waals surface area contributed by atoms with Crippen molar-refractivity contribution in [2.75, 3.05) is 0 Å². The Kier molecular flexibility index (Phi) is 48.4. The SMILES string of the molecule is O=S(O)O.O=S(O)O.O=S([O-])[O-].[NH4+].[NH4+]. The number of hydrogen-bond donors (Lipinski definition) is 6. The lowest BCUT2D eigenvalue weighted by molar-refractivity contribution is 0.419. The second kappa shape index (κ2) is 23.2. The maximum atomic E-state index is 8.67. The van der Waals surface area contributed by atoms with E-state index in [4.69, 9.17) is 39.9 Å². The molecule has 94 valence electrons. The van der Waals surface area contributed by atoms with Crippen LogP contribution in [0.4, 0.5) is 0 Å². The Bertz CT molecular complexity index is 116. The minimum atomic E-state index is -3.11. The molecule has 0 atom stereocenters. The predicted molar refractivity (Wildman–Crippen MR) is 48.5 cm³/mol. The molecular weight excluding hydrogens is 268 g/mol. The first-order chi connectivity index (χ1) is 5.20. The largest absolute Gasteiger partial charge is 0.784 e. The van der Waals surface area contributed by atoms with E-state index >= 15 is 0 Å². The van der Waals surface area contributed by atoms with E-state index in [0.29, 0.717) is 0 Å². The van der Waals surface area contributed by atoms with Crippen LogP contribution in [0.5, 0.6) is 0 Å². The van der Waals surface area contributed by atoms with Gasteiger partial charge in [-0.25, -0.2) is 0 Å². The Morgan fingerprint density at radius 2 is 0.714 bits per heavy atom. The highest BCUT2D eigenvalue weighted by molar-refractivity contribution is 7.73. The summed E-state index contributed by atoms with van der Waals surface area (Å²) in [6.45, 7) is 0. The van der Waals surface area contributed by atoms with Crippen LogP contribution in [0, 0.1) is 0 Å². The molecule has 0 unspecified atom stereocenters. The highest BCUT2D eigenvalue weighted by Gasteiger charge is 1.63. The molecule has 0 rings (SSSR count). The van der Waals surface area contributed by atoms with Crippen LogP contribution in [-0.4, -0.2) is 39.9 Å². The first-order valence-corrected chi connectivity index (χ1v) is 4.69. The second-order valence-corrected chi connectivity index (χ2v) is 2.00. The van der Waals surface area contributed by atoms with Gasteiger partial charge < -0.3 is 21.4 Å².